The van der Waals surface area contributed by atoms with Gasteiger partial charge in [-0.15, -0.1) is 0 Å². The van der Waals surface area contributed by atoms with Crippen LogP contribution >= 0.6 is 11.6 Å². The standard InChI is InChI=1S/C23H24ClNO2/c1-18-16-22(10-11-23(18)24)27-15-13-25-20-8-5-9-21(17-20)26-14-12-19-6-3-2-4-7-19/h2-11,16-17,25H,12-15H2,1H3. The summed E-state index contributed by atoms with van der Waals surface area (Å²) < 4.78 is 11.6. The van der Waals surface area contributed by atoms with Gasteiger partial charge in [0, 0.05) is 29.7 Å². The van der Waals surface area contributed by atoms with E-state index in [9.17, 15) is 0 Å². The molecule has 0 aliphatic carbocycles. The van der Waals surface area contributed by atoms with E-state index in [1.54, 1.807) is 0 Å². The second kappa shape index (κ2) is 9.89. The Morgan fingerprint density at radius 1 is 0.815 bits per heavy atom. The lowest BCUT2D eigenvalue weighted by Gasteiger charge is -2.11. The van der Waals surface area contributed by atoms with Gasteiger partial charge in [0.2, 0.25) is 0 Å². The first-order chi connectivity index (χ1) is 13.2. The van der Waals surface area contributed by atoms with Crippen molar-refractivity contribution in [2.45, 2.75) is 13.3 Å². The number of anilines is 1. The Labute approximate surface area is 165 Å². The maximum absolute atomic E-state index is 6.03. The summed E-state index contributed by atoms with van der Waals surface area (Å²) in [5, 5.41) is 4.11. The summed E-state index contributed by atoms with van der Waals surface area (Å²) in [6, 6.07) is 24.0. The summed E-state index contributed by atoms with van der Waals surface area (Å²) in [5.41, 5.74) is 3.31. The number of rotatable bonds is 9. The van der Waals surface area contributed by atoms with Gasteiger partial charge in [0.25, 0.3) is 0 Å². The van der Waals surface area contributed by atoms with Crippen molar-refractivity contribution >= 4 is 17.3 Å². The predicted molar refractivity (Wildman–Crippen MR) is 112 cm³/mol. The van der Waals surface area contributed by atoms with E-state index in [4.69, 9.17) is 21.1 Å². The summed E-state index contributed by atoms with van der Waals surface area (Å²) in [6.45, 7) is 3.90. The third kappa shape index (κ3) is 6.22. The second-order valence-corrected chi connectivity index (χ2v) is 6.71. The third-order valence-electron chi connectivity index (χ3n) is 4.17. The minimum Gasteiger partial charge on any atom is -0.493 e. The summed E-state index contributed by atoms with van der Waals surface area (Å²) in [4.78, 5) is 0. The van der Waals surface area contributed by atoms with Crippen molar-refractivity contribution in [3.8, 4) is 11.5 Å². The third-order valence-corrected chi connectivity index (χ3v) is 4.59. The van der Waals surface area contributed by atoms with E-state index >= 15 is 0 Å². The van der Waals surface area contributed by atoms with Crippen LogP contribution in [-0.2, 0) is 6.42 Å². The lowest BCUT2D eigenvalue weighted by molar-refractivity contribution is 0.322. The van der Waals surface area contributed by atoms with Crippen molar-refractivity contribution in [3.05, 3.63) is 88.9 Å². The van der Waals surface area contributed by atoms with Crippen molar-refractivity contribution in [2.24, 2.45) is 0 Å². The highest BCUT2D eigenvalue weighted by Crippen LogP contribution is 2.21. The first-order valence-electron chi connectivity index (χ1n) is 9.10. The fourth-order valence-electron chi connectivity index (χ4n) is 2.70. The molecular formula is C23H24ClNO2. The molecule has 0 heterocycles. The number of halogens is 1. The van der Waals surface area contributed by atoms with Crippen LogP contribution in [0.5, 0.6) is 11.5 Å². The average molecular weight is 382 g/mol. The van der Waals surface area contributed by atoms with Gasteiger partial charge in [0.1, 0.15) is 18.1 Å². The molecule has 0 amide bonds. The Bertz CT molecular complexity index is 852. The van der Waals surface area contributed by atoms with Gasteiger partial charge in [-0.2, -0.15) is 0 Å². The summed E-state index contributed by atoms with van der Waals surface area (Å²) in [7, 11) is 0. The molecule has 4 heteroatoms. The van der Waals surface area contributed by atoms with Gasteiger partial charge in [0.05, 0.1) is 6.61 Å². The quantitative estimate of drug-likeness (QED) is 0.478. The minimum absolute atomic E-state index is 0.570. The fraction of sp³-hybridized carbons (Fsp3) is 0.217. The van der Waals surface area contributed by atoms with Crippen LogP contribution in [0.2, 0.25) is 5.02 Å². The van der Waals surface area contributed by atoms with Crippen LogP contribution in [0.1, 0.15) is 11.1 Å². The highest BCUT2D eigenvalue weighted by molar-refractivity contribution is 6.31. The molecule has 3 aromatic rings. The molecule has 0 saturated carbocycles. The predicted octanol–water partition coefficient (Wildman–Crippen LogP) is 5.76. The Hall–Kier alpha value is -2.65. The number of hydrogen-bond donors (Lipinski definition) is 1. The van der Waals surface area contributed by atoms with Crippen LogP contribution in [0.3, 0.4) is 0 Å². The molecule has 0 saturated heterocycles. The van der Waals surface area contributed by atoms with Gasteiger partial charge in [-0.3, -0.25) is 0 Å². The van der Waals surface area contributed by atoms with E-state index in [1.165, 1.54) is 5.56 Å². The van der Waals surface area contributed by atoms with Crippen molar-refractivity contribution in [1.82, 2.24) is 0 Å². The normalized spacial score (nSPS) is 10.4. The molecule has 3 rings (SSSR count). The van der Waals surface area contributed by atoms with E-state index in [2.05, 4.69) is 17.4 Å². The molecule has 0 fully saturated rings. The van der Waals surface area contributed by atoms with E-state index in [0.717, 1.165) is 34.2 Å². The Kier molecular flexibility index (Phi) is 7.00. The average Bonchev–Trinajstić information content (AvgIpc) is 2.69. The van der Waals surface area contributed by atoms with Crippen molar-refractivity contribution in [2.75, 3.05) is 25.1 Å². The molecule has 27 heavy (non-hydrogen) atoms. The molecule has 0 bridgehead atoms. The molecule has 0 aromatic heterocycles. The maximum Gasteiger partial charge on any atom is 0.121 e. The first-order valence-corrected chi connectivity index (χ1v) is 9.48. The minimum atomic E-state index is 0.570. The number of benzene rings is 3. The zero-order valence-corrected chi connectivity index (χ0v) is 16.2. The van der Waals surface area contributed by atoms with Gasteiger partial charge in [-0.25, -0.2) is 0 Å². The Morgan fingerprint density at radius 2 is 1.59 bits per heavy atom. The van der Waals surface area contributed by atoms with Crippen molar-refractivity contribution in [1.29, 1.82) is 0 Å². The Balaban J connectivity index is 1.41. The zero-order valence-electron chi connectivity index (χ0n) is 15.5. The van der Waals surface area contributed by atoms with Gasteiger partial charge in [-0.1, -0.05) is 48.0 Å². The van der Waals surface area contributed by atoms with Crippen molar-refractivity contribution < 1.29 is 9.47 Å². The molecule has 0 spiro atoms. The van der Waals surface area contributed by atoms with E-state index in [-0.39, 0.29) is 0 Å². The van der Waals surface area contributed by atoms with Gasteiger partial charge in [0.15, 0.2) is 0 Å². The smallest absolute Gasteiger partial charge is 0.121 e. The first kappa shape index (κ1) is 19.1. The largest absolute Gasteiger partial charge is 0.493 e. The molecule has 3 aromatic carbocycles. The lowest BCUT2D eigenvalue weighted by atomic mass is 10.2. The summed E-state index contributed by atoms with van der Waals surface area (Å²) in [6.07, 6.45) is 0.896. The molecule has 3 nitrogen and oxygen atoms in total. The van der Waals surface area contributed by atoms with E-state index in [1.807, 2.05) is 67.6 Å². The lowest BCUT2D eigenvalue weighted by Crippen LogP contribution is -2.11. The van der Waals surface area contributed by atoms with E-state index < -0.39 is 0 Å². The van der Waals surface area contributed by atoms with E-state index in [0.29, 0.717) is 19.8 Å². The van der Waals surface area contributed by atoms with Crippen LogP contribution < -0.4 is 14.8 Å². The maximum atomic E-state index is 6.03. The molecule has 0 aliphatic rings. The van der Waals surface area contributed by atoms with Crippen LogP contribution in [0, 0.1) is 6.92 Å². The summed E-state index contributed by atoms with van der Waals surface area (Å²) in [5.74, 6) is 1.70. The van der Waals surface area contributed by atoms with Gasteiger partial charge < -0.3 is 14.8 Å². The molecule has 0 atom stereocenters. The van der Waals surface area contributed by atoms with Crippen LogP contribution in [0.15, 0.2) is 72.8 Å². The highest BCUT2D eigenvalue weighted by Gasteiger charge is 2.00. The highest BCUT2D eigenvalue weighted by atomic mass is 35.5. The van der Waals surface area contributed by atoms with Crippen molar-refractivity contribution in [3.63, 3.8) is 0 Å². The molecule has 140 valence electrons. The fourth-order valence-corrected chi connectivity index (χ4v) is 2.82. The number of aryl methyl sites for hydroxylation is 1. The van der Waals surface area contributed by atoms with Gasteiger partial charge in [-0.05, 0) is 48.4 Å². The summed E-state index contributed by atoms with van der Waals surface area (Å²) >= 11 is 6.03. The number of ether oxygens (including phenoxy) is 2. The second-order valence-electron chi connectivity index (χ2n) is 6.30. The monoisotopic (exact) mass is 381 g/mol. The molecular weight excluding hydrogens is 358 g/mol. The molecule has 0 radical (unpaired) electrons. The van der Waals surface area contributed by atoms with Crippen LogP contribution in [0.25, 0.3) is 0 Å². The molecule has 0 unspecified atom stereocenters. The van der Waals surface area contributed by atoms with Crippen LogP contribution in [0.4, 0.5) is 5.69 Å². The van der Waals surface area contributed by atoms with Gasteiger partial charge >= 0.3 is 0 Å². The van der Waals surface area contributed by atoms with Crippen LogP contribution in [-0.4, -0.2) is 19.8 Å². The molecule has 1 N–H and O–H groups in total. The number of nitrogens with one attached hydrogen (secondary N) is 1. The SMILES string of the molecule is Cc1cc(OCCNc2cccc(OCCc3ccccc3)c2)ccc1Cl. The number of hydrogen-bond acceptors (Lipinski definition) is 3. The Morgan fingerprint density at radius 3 is 2.41 bits per heavy atom. The molecule has 0 aliphatic heterocycles. The zero-order chi connectivity index (χ0) is 18.9. The topological polar surface area (TPSA) is 30.5 Å².